The van der Waals surface area contributed by atoms with E-state index in [0.29, 0.717) is 0 Å². The molecule has 0 aromatic rings. The van der Waals surface area contributed by atoms with E-state index in [1.165, 1.54) is 0 Å². The molecule has 0 aromatic heterocycles. The average Bonchev–Trinajstić information content (AvgIpc) is 2.36. The zero-order valence-electron chi connectivity index (χ0n) is 12.8. The second-order valence-corrected chi connectivity index (χ2v) is 5.36. The zero-order valence-corrected chi connectivity index (χ0v) is 12.8. The molecular weight excluding hydrogens is 248 g/mol. The number of rotatable bonds is 10. The van der Waals surface area contributed by atoms with E-state index in [1.807, 2.05) is 27.7 Å². The highest BCUT2D eigenvalue weighted by Crippen LogP contribution is 2.24. The zero-order chi connectivity index (χ0) is 14.9. The number of hydrogen-bond acceptors (Lipinski definition) is 4. The van der Waals surface area contributed by atoms with Crippen LogP contribution in [0.5, 0.6) is 0 Å². The normalized spacial score (nSPS) is 15.0. The first-order valence-electron chi connectivity index (χ1n) is 7.10. The minimum Gasteiger partial charge on any atom is -0.450 e. The Labute approximate surface area is 116 Å². The summed E-state index contributed by atoms with van der Waals surface area (Å²) in [5.74, 6) is 0.0173. The van der Waals surface area contributed by atoms with Crippen molar-refractivity contribution in [3.8, 4) is 0 Å². The van der Waals surface area contributed by atoms with Crippen LogP contribution in [-0.2, 0) is 14.5 Å². The Kier molecular flexibility index (Phi) is 8.76. The Morgan fingerprint density at radius 3 is 2.32 bits per heavy atom. The van der Waals surface area contributed by atoms with Crippen LogP contribution < -0.4 is 0 Å². The van der Waals surface area contributed by atoms with Crippen LogP contribution in [0.4, 0.5) is 4.79 Å². The van der Waals surface area contributed by atoms with E-state index >= 15 is 0 Å². The third-order valence-electron chi connectivity index (χ3n) is 3.27. The van der Waals surface area contributed by atoms with E-state index in [4.69, 9.17) is 19.6 Å². The summed E-state index contributed by atoms with van der Waals surface area (Å²) in [4.78, 5) is 21.3. The summed E-state index contributed by atoms with van der Waals surface area (Å²) < 4.78 is 4.81. The number of ether oxygens (including phenoxy) is 1. The van der Waals surface area contributed by atoms with Crippen LogP contribution >= 0.6 is 0 Å². The van der Waals surface area contributed by atoms with Gasteiger partial charge in [0.15, 0.2) is 0 Å². The topological polar surface area (TPSA) is 65.0 Å². The van der Waals surface area contributed by atoms with Crippen molar-refractivity contribution in [3.05, 3.63) is 0 Å². The maximum absolute atomic E-state index is 10.7. The van der Waals surface area contributed by atoms with Crippen molar-refractivity contribution in [2.24, 2.45) is 5.92 Å². The molecule has 0 saturated heterocycles. The van der Waals surface area contributed by atoms with Crippen LogP contribution in [0.2, 0.25) is 0 Å². The van der Waals surface area contributed by atoms with E-state index < -0.39 is 18.0 Å². The molecule has 19 heavy (non-hydrogen) atoms. The fourth-order valence-corrected chi connectivity index (χ4v) is 1.53. The number of unbranched alkanes of at least 4 members (excludes halogenated alkanes) is 1. The fraction of sp³-hybridized carbons (Fsp3) is 0.929. The highest BCUT2D eigenvalue weighted by atomic mass is 17.2. The first-order chi connectivity index (χ1) is 8.86. The molecule has 2 unspecified atom stereocenters. The summed E-state index contributed by atoms with van der Waals surface area (Å²) >= 11 is 0. The lowest BCUT2D eigenvalue weighted by atomic mass is 9.99. The van der Waals surface area contributed by atoms with Crippen molar-refractivity contribution in [2.45, 2.75) is 78.6 Å². The molecule has 0 heterocycles. The van der Waals surface area contributed by atoms with Crippen molar-refractivity contribution in [1.29, 1.82) is 0 Å². The largest absolute Gasteiger partial charge is 0.508 e. The van der Waals surface area contributed by atoms with Gasteiger partial charge in [0.2, 0.25) is 6.29 Å². The van der Waals surface area contributed by atoms with Crippen LogP contribution in [-0.4, -0.2) is 23.2 Å². The molecule has 5 heteroatoms. The minimum atomic E-state index is -1.34. The van der Waals surface area contributed by atoms with Crippen LogP contribution in [0, 0.1) is 5.92 Å². The third-order valence-corrected chi connectivity index (χ3v) is 3.27. The molecule has 0 aliphatic rings. The van der Waals surface area contributed by atoms with Gasteiger partial charge in [0.25, 0.3) is 0 Å². The molecule has 0 aliphatic carbocycles. The smallest absolute Gasteiger partial charge is 0.450 e. The van der Waals surface area contributed by atoms with Crippen molar-refractivity contribution in [1.82, 2.24) is 0 Å². The van der Waals surface area contributed by atoms with Crippen LogP contribution in [0.15, 0.2) is 0 Å². The number of carbonyl (C=O) groups is 1. The summed E-state index contributed by atoms with van der Waals surface area (Å²) in [5, 5.41) is 8.78. The van der Waals surface area contributed by atoms with Crippen LogP contribution in [0.3, 0.4) is 0 Å². The quantitative estimate of drug-likeness (QED) is 0.278. The molecule has 0 saturated carbocycles. The van der Waals surface area contributed by atoms with Gasteiger partial charge in [-0.05, 0) is 33.1 Å². The SMILES string of the molecule is CCCCC(CC)C(OOC(C)(C)CC)OC(=O)O. The molecule has 114 valence electrons. The van der Waals surface area contributed by atoms with Crippen molar-refractivity contribution in [3.63, 3.8) is 0 Å². The van der Waals surface area contributed by atoms with Gasteiger partial charge in [0.05, 0.1) is 5.60 Å². The van der Waals surface area contributed by atoms with Gasteiger partial charge in [0.1, 0.15) is 0 Å². The molecule has 1 N–H and O–H groups in total. The van der Waals surface area contributed by atoms with Gasteiger partial charge >= 0.3 is 6.16 Å². The third kappa shape index (κ3) is 8.06. The molecular formula is C14H28O5. The van der Waals surface area contributed by atoms with Gasteiger partial charge in [-0.25, -0.2) is 9.68 Å². The standard InChI is InChI=1S/C14H28O5/c1-6-9-10-11(7-2)12(17-13(15)16)18-19-14(4,5)8-3/h11-12H,6-10H2,1-5H3,(H,15,16). The lowest BCUT2D eigenvalue weighted by Crippen LogP contribution is -2.33. The van der Waals surface area contributed by atoms with Gasteiger partial charge in [-0.15, -0.1) is 0 Å². The van der Waals surface area contributed by atoms with E-state index in [-0.39, 0.29) is 5.92 Å². The highest BCUT2D eigenvalue weighted by Gasteiger charge is 2.28. The van der Waals surface area contributed by atoms with Gasteiger partial charge in [0, 0.05) is 5.92 Å². The second kappa shape index (κ2) is 9.15. The molecule has 0 aromatic carbocycles. The van der Waals surface area contributed by atoms with Crippen molar-refractivity contribution < 1.29 is 24.4 Å². The Bertz CT molecular complexity index is 252. The molecule has 5 nitrogen and oxygen atoms in total. The highest BCUT2D eigenvalue weighted by molar-refractivity contribution is 5.56. The Balaban J connectivity index is 4.54. The Hall–Kier alpha value is -0.810. The summed E-state index contributed by atoms with van der Waals surface area (Å²) in [6.07, 6.45) is 2.28. The van der Waals surface area contributed by atoms with Gasteiger partial charge in [-0.1, -0.05) is 33.6 Å². The molecule has 0 amide bonds. The minimum absolute atomic E-state index is 0.0173. The summed E-state index contributed by atoms with van der Waals surface area (Å²) in [6, 6.07) is 0. The average molecular weight is 276 g/mol. The number of hydrogen-bond donors (Lipinski definition) is 1. The lowest BCUT2D eigenvalue weighted by Gasteiger charge is -2.28. The molecule has 0 spiro atoms. The molecule has 2 atom stereocenters. The maximum Gasteiger partial charge on any atom is 0.508 e. The van der Waals surface area contributed by atoms with Crippen molar-refractivity contribution in [2.75, 3.05) is 0 Å². The summed E-state index contributed by atoms with van der Waals surface area (Å²) in [5.41, 5.74) is -0.455. The lowest BCUT2D eigenvalue weighted by molar-refractivity contribution is -0.421. The van der Waals surface area contributed by atoms with E-state index in [0.717, 1.165) is 32.1 Å². The maximum atomic E-state index is 10.7. The Morgan fingerprint density at radius 1 is 1.26 bits per heavy atom. The van der Waals surface area contributed by atoms with Crippen LogP contribution in [0.25, 0.3) is 0 Å². The van der Waals surface area contributed by atoms with Crippen molar-refractivity contribution >= 4 is 6.16 Å². The predicted molar refractivity (Wildman–Crippen MR) is 72.7 cm³/mol. The van der Waals surface area contributed by atoms with E-state index in [9.17, 15) is 4.79 Å². The number of carboxylic acid groups (broad SMARTS) is 1. The van der Waals surface area contributed by atoms with E-state index in [1.54, 1.807) is 0 Å². The second-order valence-electron chi connectivity index (χ2n) is 5.36. The van der Waals surface area contributed by atoms with Crippen LogP contribution in [0.1, 0.15) is 66.7 Å². The van der Waals surface area contributed by atoms with Gasteiger partial charge in [-0.3, -0.25) is 0 Å². The molecule has 0 aliphatic heterocycles. The molecule has 0 rings (SSSR count). The molecule has 0 fully saturated rings. The van der Waals surface area contributed by atoms with E-state index in [2.05, 4.69) is 6.92 Å². The molecule has 0 bridgehead atoms. The Morgan fingerprint density at radius 2 is 1.89 bits per heavy atom. The summed E-state index contributed by atoms with van der Waals surface area (Å²) in [6.45, 7) is 9.84. The van der Waals surface area contributed by atoms with Gasteiger partial charge < -0.3 is 9.84 Å². The summed E-state index contributed by atoms with van der Waals surface area (Å²) in [7, 11) is 0. The monoisotopic (exact) mass is 276 g/mol. The first-order valence-corrected chi connectivity index (χ1v) is 7.10. The first kappa shape index (κ1) is 18.2. The molecule has 0 radical (unpaired) electrons. The predicted octanol–water partition coefficient (Wildman–Crippen LogP) is 4.36. The fourth-order valence-electron chi connectivity index (χ4n) is 1.53. The van der Waals surface area contributed by atoms with Gasteiger partial charge in [-0.2, -0.15) is 4.89 Å².